The van der Waals surface area contributed by atoms with Crippen molar-refractivity contribution in [2.75, 3.05) is 0 Å². The van der Waals surface area contributed by atoms with Gasteiger partial charge in [0.2, 0.25) is 0 Å². The van der Waals surface area contributed by atoms with Crippen molar-refractivity contribution in [2.24, 2.45) is 0 Å². The second-order valence-corrected chi connectivity index (χ2v) is 14.9. The van der Waals surface area contributed by atoms with Crippen LogP contribution in [0.15, 0.2) is 192 Å². The molecule has 0 aliphatic carbocycles. The Morgan fingerprint density at radius 3 is 1.52 bits per heavy atom. The van der Waals surface area contributed by atoms with Gasteiger partial charge in [0.25, 0.3) is 0 Å². The van der Waals surface area contributed by atoms with Gasteiger partial charge in [-0.25, -0.2) is 15.0 Å². The topological polar surface area (TPSA) is 51.8 Å². The largest absolute Gasteiger partial charge is 0.456 e. The lowest BCUT2D eigenvalue weighted by molar-refractivity contribution is 0.669. The van der Waals surface area contributed by atoms with E-state index in [1.54, 1.807) is 0 Å². The molecule has 3 aromatic heterocycles. The average molecular weight is 734 g/mol. The van der Waals surface area contributed by atoms with Crippen molar-refractivity contribution in [2.45, 2.75) is 0 Å². The van der Waals surface area contributed by atoms with Gasteiger partial charge in [-0.1, -0.05) is 170 Å². The quantitative estimate of drug-likeness (QED) is 0.171. The van der Waals surface area contributed by atoms with Crippen LogP contribution in [0.1, 0.15) is 0 Å². The Morgan fingerprint density at radius 2 is 0.821 bits per heavy atom. The van der Waals surface area contributed by atoms with E-state index in [1.165, 1.54) is 31.3 Å². The molecule has 0 spiro atoms. The van der Waals surface area contributed by atoms with Crippen LogP contribution >= 0.6 is 11.3 Å². The molecule has 8 aromatic carbocycles. The average Bonchev–Trinajstić information content (AvgIpc) is 3.86. The first-order chi connectivity index (χ1) is 27.8. The Hall–Kier alpha value is -7.21. The number of rotatable bonds is 6. The van der Waals surface area contributed by atoms with Crippen LogP contribution in [0, 0.1) is 0 Å². The molecule has 11 aromatic rings. The van der Waals surface area contributed by atoms with Crippen molar-refractivity contribution in [3.8, 4) is 67.5 Å². The highest BCUT2D eigenvalue weighted by atomic mass is 32.1. The van der Waals surface area contributed by atoms with Crippen molar-refractivity contribution in [3.63, 3.8) is 0 Å². The van der Waals surface area contributed by atoms with Crippen LogP contribution in [0.2, 0.25) is 0 Å². The number of fused-ring (bicyclic) bond motifs is 6. The van der Waals surface area contributed by atoms with E-state index in [-0.39, 0.29) is 0 Å². The van der Waals surface area contributed by atoms with Gasteiger partial charge in [0.1, 0.15) is 11.2 Å². The number of nitrogens with zero attached hydrogens (tertiary/aromatic N) is 3. The molecule has 0 aliphatic rings. The Labute approximate surface area is 327 Å². The van der Waals surface area contributed by atoms with Gasteiger partial charge in [-0.05, 0) is 46.0 Å². The zero-order valence-electron chi connectivity index (χ0n) is 30.1. The lowest BCUT2D eigenvalue weighted by atomic mass is 9.93. The Morgan fingerprint density at radius 1 is 0.321 bits per heavy atom. The van der Waals surface area contributed by atoms with Gasteiger partial charge in [0, 0.05) is 53.2 Å². The van der Waals surface area contributed by atoms with E-state index >= 15 is 0 Å². The predicted octanol–water partition coefficient (Wildman–Crippen LogP) is 14.1. The monoisotopic (exact) mass is 733 g/mol. The van der Waals surface area contributed by atoms with Crippen LogP contribution in [0.5, 0.6) is 0 Å². The lowest BCUT2D eigenvalue weighted by Crippen LogP contribution is -2.01. The molecule has 3 heterocycles. The van der Waals surface area contributed by atoms with Crippen LogP contribution in [0.4, 0.5) is 0 Å². The van der Waals surface area contributed by atoms with Gasteiger partial charge in [-0.3, -0.25) is 0 Å². The van der Waals surface area contributed by atoms with E-state index in [1.807, 2.05) is 47.7 Å². The molecular formula is C51H31N3OS. The first-order valence-electron chi connectivity index (χ1n) is 18.7. The summed E-state index contributed by atoms with van der Waals surface area (Å²) in [6.07, 6.45) is 0. The number of thiophene rings is 1. The summed E-state index contributed by atoms with van der Waals surface area (Å²) >= 11 is 1.84. The highest BCUT2D eigenvalue weighted by Gasteiger charge is 2.24. The molecule has 0 fully saturated rings. The fourth-order valence-corrected chi connectivity index (χ4v) is 9.29. The Balaban J connectivity index is 1.19. The fraction of sp³-hybridized carbons (Fsp3) is 0. The summed E-state index contributed by atoms with van der Waals surface area (Å²) in [6, 6.07) is 65.5. The van der Waals surface area contributed by atoms with Crippen molar-refractivity contribution >= 4 is 53.4 Å². The van der Waals surface area contributed by atoms with Gasteiger partial charge in [-0.2, -0.15) is 0 Å². The molecule has 0 atom stereocenters. The Kier molecular flexibility index (Phi) is 7.64. The zero-order valence-corrected chi connectivity index (χ0v) is 30.9. The number of para-hydroxylation sites is 1. The third-order valence-electron chi connectivity index (χ3n) is 10.6. The molecule has 0 radical (unpaired) electrons. The summed E-state index contributed by atoms with van der Waals surface area (Å²) in [4.78, 5) is 15.8. The van der Waals surface area contributed by atoms with E-state index in [9.17, 15) is 0 Å². The summed E-state index contributed by atoms with van der Waals surface area (Å²) in [5, 5.41) is 4.47. The molecule has 5 heteroatoms. The first kappa shape index (κ1) is 32.2. The van der Waals surface area contributed by atoms with E-state index in [0.717, 1.165) is 60.9 Å². The number of hydrogen-bond donors (Lipinski definition) is 0. The van der Waals surface area contributed by atoms with E-state index in [2.05, 4.69) is 152 Å². The summed E-state index contributed by atoms with van der Waals surface area (Å²) in [7, 11) is 0. The summed E-state index contributed by atoms with van der Waals surface area (Å²) in [5.74, 6) is 1.81. The van der Waals surface area contributed by atoms with Crippen LogP contribution in [-0.4, -0.2) is 15.0 Å². The molecule has 0 unspecified atom stereocenters. The highest BCUT2D eigenvalue weighted by molar-refractivity contribution is 7.26. The van der Waals surface area contributed by atoms with Crippen molar-refractivity contribution in [1.82, 2.24) is 15.0 Å². The van der Waals surface area contributed by atoms with Crippen molar-refractivity contribution < 1.29 is 4.42 Å². The number of aromatic nitrogens is 3. The summed E-state index contributed by atoms with van der Waals surface area (Å²) in [5.41, 5.74) is 11.3. The molecule has 262 valence electrons. The molecule has 0 bridgehead atoms. The maximum atomic E-state index is 6.52. The molecule has 11 rings (SSSR count). The van der Waals surface area contributed by atoms with Gasteiger partial charge in [0.05, 0.1) is 0 Å². The van der Waals surface area contributed by atoms with Crippen molar-refractivity contribution in [3.05, 3.63) is 188 Å². The molecule has 0 saturated carbocycles. The second-order valence-electron chi connectivity index (χ2n) is 13.9. The van der Waals surface area contributed by atoms with Gasteiger partial charge < -0.3 is 4.42 Å². The molecule has 4 nitrogen and oxygen atoms in total. The number of furan rings is 1. The normalized spacial score (nSPS) is 11.6. The molecular weight excluding hydrogens is 703 g/mol. The maximum absolute atomic E-state index is 6.52. The van der Waals surface area contributed by atoms with E-state index in [0.29, 0.717) is 17.5 Å². The number of benzene rings is 8. The van der Waals surface area contributed by atoms with Crippen molar-refractivity contribution in [1.29, 1.82) is 0 Å². The summed E-state index contributed by atoms with van der Waals surface area (Å²) in [6.45, 7) is 0. The molecule has 56 heavy (non-hydrogen) atoms. The van der Waals surface area contributed by atoms with Crippen LogP contribution in [0.3, 0.4) is 0 Å². The highest BCUT2D eigenvalue weighted by Crippen LogP contribution is 2.48. The summed E-state index contributed by atoms with van der Waals surface area (Å²) < 4.78 is 9.01. The third-order valence-corrected chi connectivity index (χ3v) is 11.9. The van der Waals surface area contributed by atoms with Crippen LogP contribution in [0.25, 0.3) is 110 Å². The van der Waals surface area contributed by atoms with Crippen LogP contribution in [-0.2, 0) is 0 Å². The molecule has 0 aliphatic heterocycles. The zero-order chi connectivity index (χ0) is 37.0. The second kappa shape index (κ2) is 13.3. The van der Waals surface area contributed by atoms with Gasteiger partial charge in [0.15, 0.2) is 17.5 Å². The SMILES string of the molecule is c1ccc(-c2ccc(-c3nc(-c4ccccc4)nc(-c4c(-c5cccc6c5sc5c(-c7ccccc7)cccc56)ccc5oc6ccccc6c45)n3)cc2)cc1. The number of hydrogen-bond acceptors (Lipinski definition) is 5. The minimum Gasteiger partial charge on any atom is -0.456 e. The minimum atomic E-state index is 0.594. The standard InChI is InChI=1S/C51H31N3OS/c1-4-14-32(15-5-1)33-26-28-36(29-27-33)50-52-49(35-18-8-3-9-19-35)53-51(54-50)46-38(30-31-44-45(46)42-20-10-11-25-43(42)55-44)39-22-13-24-41-40-23-12-21-37(47(40)56-48(39)41)34-16-6-2-7-17-34/h1-31H. The molecule has 0 saturated heterocycles. The Bertz CT molecular complexity index is 3230. The smallest absolute Gasteiger partial charge is 0.165 e. The lowest BCUT2D eigenvalue weighted by Gasteiger charge is -2.14. The van der Waals surface area contributed by atoms with E-state index < -0.39 is 0 Å². The van der Waals surface area contributed by atoms with Gasteiger partial charge >= 0.3 is 0 Å². The van der Waals surface area contributed by atoms with Gasteiger partial charge in [-0.15, -0.1) is 11.3 Å². The molecule has 0 amide bonds. The third kappa shape index (κ3) is 5.40. The maximum Gasteiger partial charge on any atom is 0.165 e. The van der Waals surface area contributed by atoms with E-state index in [4.69, 9.17) is 19.4 Å². The fourth-order valence-electron chi connectivity index (χ4n) is 7.93. The predicted molar refractivity (Wildman–Crippen MR) is 233 cm³/mol. The molecule has 0 N–H and O–H groups in total. The van der Waals surface area contributed by atoms with Crippen LogP contribution < -0.4 is 0 Å². The minimum absolute atomic E-state index is 0.594. The first-order valence-corrected chi connectivity index (χ1v) is 19.5.